The third kappa shape index (κ3) is 4.01. The van der Waals surface area contributed by atoms with E-state index in [9.17, 15) is 0 Å². The average Bonchev–Trinajstić information content (AvgIpc) is 3.62. The first-order valence-corrected chi connectivity index (χ1v) is 14.6. The summed E-state index contributed by atoms with van der Waals surface area (Å²) in [5.41, 5.74) is 7.72. The molecule has 3 heterocycles. The van der Waals surface area contributed by atoms with Crippen LogP contribution < -0.4 is 10.2 Å². The van der Waals surface area contributed by atoms with Gasteiger partial charge in [-0.15, -0.1) is 11.3 Å². The normalized spacial score (nSPS) is 12.6. The Morgan fingerprint density at radius 2 is 1.29 bits per heavy atom. The van der Waals surface area contributed by atoms with Gasteiger partial charge in [0.25, 0.3) is 0 Å². The molecular formula is C36H26N4S. The summed E-state index contributed by atoms with van der Waals surface area (Å²) in [6, 6.07) is 47.1. The molecule has 0 bridgehead atoms. The van der Waals surface area contributed by atoms with Crippen molar-refractivity contribution in [2.24, 2.45) is 4.99 Å². The van der Waals surface area contributed by atoms with Gasteiger partial charge in [-0.3, -0.25) is 4.90 Å². The SMILES string of the molecule is c1ccc(N(C2=NCNc3c(-c4ccc5c(c4)sc4ccccc45)cn(-c4ccccc4)c32)c2ccccc2)cc1. The fraction of sp³-hybridized carbons (Fsp3) is 0.0278. The number of amidine groups is 1. The largest absolute Gasteiger partial charge is 0.364 e. The first-order valence-electron chi connectivity index (χ1n) is 13.8. The second-order valence-corrected chi connectivity index (χ2v) is 11.2. The standard InChI is InChI=1S/C36H26N4S/c1-4-12-26(13-5-1)39-23-31(25-20-21-30-29-18-10-11-19-32(29)41-33(30)22-25)34-35(39)36(38-24-37-34)40(27-14-6-2-7-15-27)28-16-8-3-9-17-28/h1-23,37H,24H2. The highest BCUT2D eigenvalue weighted by molar-refractivity contribution is 7.25. The van der Waals surface area contributed by atoms with Crippen LogP contribution >= 0.6 is 11.3 Å². The molecule has 0 atom stereocenters. The van der Waals surface area contributed by atoms with Gasteiger partial charge in [-0.25, -0.2) is 4.99 Å². The summed E-state index contributed by atoms with van der Waals surface area (Å²) in [7, 11) is 0. The summed E-state index contributed by atoms with van der Waals surface area (Å²) in [4.78, 5) is 7.37. The summed E-state index contributed by atoms with van der Waals surface area (Å²) < 4.78 is 4.89. The molecule has 0 radical (unpaired) electrons. The fourth-order valence-corrected chi connectivity index (χ4v) is 6.95. The van der Waals surface area contributed by atoms with E-state index < -0.39 is 0 Å². The number of para-hydroxylation sites is 3. The number of hydrogen-bond donors (Lipinski definition) is 1. The third-order valence-electron chi connectivity index (χ3n) is 7.67. The monoisotopic (exact) mass is 546 g/mol. The molecule has 5 aromatic carbocycles. The fourth-order valence-electron chi connectivity index (χ4n) is 5.80. The highest BCUT2D eigenvalue weighted by atomic mass is 32.1. The summed E-state index contributed by atoms with van der Waals surface area (Å²) in [5, 5.41) is 6.27. The van der Waals surface area contributed by atoms with Crippen LogP contribution in [0.2, 0.25) is 0 Å². The minimum Gasteiger partial charge on any atom is -0.364 e. The number of thiophene rings is 1. The maximum absolute atomic E-state index is 5.11. The van der Waals surface area contributed by atoms with Gasteiger partial charge < -0.3 is 9.88 Å². The van der Waals surface area contributed by atoms with E-state index in [1.807, 2.05) is 11.3 Å². The zero-order valence-corrected chi connectivity index (χ0v) is 23.1. The number of fused-ring (bicyclic) bond motifs is 4. The predicted octanol–water partition coefficient (Wildman–Crippen LogP) is 9.48. The first kappa shape index (κ1) is 23.7. The van der Waals surface area contributed by atoms with E-state index in [-0.39, 0.29) is 0 Å². The summed E-state index contributed by atoms with van der Waals surface area (Å²) in [5.74, 6) is 0.911. The first-order chi connectivity index (χ1) is 20.3. The molecule has 0 unspecified atom stereocenters. The van der Waals surface area contributed by atoms with Crippen LogP contribution in [-0.2, 0) is 0 Å². The summed E-state index contributed by atoms with van der Waals surface area (Å²) in [6.45, 7) is 0.495. The lowest BCUT2D eigenvalue weighted by Gasteiger charge is -2.30. The van der Waals surface area contributed by atoms with Crippen LogP contribution in [0.15, 0.2) is 145 Å². The zero-order chi connectivity index (χ0) is 27.2. The van der Waals surface area contributed by atoms with Crippen molar-refractivity contribution in [3.8, 4) is 16.8 Å². The van der Waals surface area contributed by atoms with Gasteiger partial charge in [-0.2, -0.15) is 0 Å². The molecule has 1 aliphatic rings. The lowest BCUT2D eigenvalue weighted by molar-refractivity contribution is 1.01. The molecule has 8 rings (SSSR count). The molecule has 2 aromatic heterocycles. The third-order valence-corrected chi connectivity index (χ3v) is 8.80. The molecule has 41 heavy (non-hydrogen) atoms. The van der Waals surface area contributed by atoms with E-state index in [0.29, 0.717) is 6.67 Å². The van der Waals surface area contributed by atoms with Crippen LogP contribution in [0, 0.1) is 0 Å². The van der Waals surface area contributed by atoms with Crippen LogP contribution in [0.4, 0.5) is 17.1 Å². The smallest absolute Gasteiger partial charge is 0.161 e. The second kappa shape index (κ2) is 9.81. The maximum atomic E-state index is 5.11. The molecule has 0 saturated carbocycles. The van der Waals surface area contributed by atoms with Crippen molar-refractivity contribution >= 4 is 54.4 Å². The topological polar surface area (TPSA) is 32.6 Å². The molecule has 5 heteroatoms. The Kier molecular flexibility index (Phi) is 5.68. The minimum absolute atomic E-state index is 0.495. The molecule has 0 aliphatic carbocycles. The quantitative estimate of drug-likeness (QED) is 0.238. The van der Waals surface area contributed by atoms with Gasteiger partial charge in [0.15, 0.2) is 5.84 Å². The molecule has 0 fully saturated rings. The number of nitrogens with zero attached hydrogens (tertiary/aromatic N) is 3. The highest BCUT2D eigenvalue weighted by Gasteiger charge is 2.30. The van der Waals surface area contributed by atoms with Gasteiger partial charge >= 0.3 is 0 Å². The number of rotatable bonds is 4. The van der Waals surface area contributed by atoms with Crippen LogP contribution in [-0.4, -0.2) is 17.1 Å². The van der Waals surface area contributed by atoms with Crippen LogP contribution in [0.5, 0.6) is 0 Å². The van der Waals surface area contributed by atoms with E-state index in [1.54, 1.807) is 0 Å². The van der Waals surface area contributed by atoms with Crippen molar-refractivity contribution in [2.45, 2.75) is 0 Å². The van der Waals surface area contributed by atoms with E-state index in [2.05, 4.69) is 154 Å². The molecule has 0 amide bonds. The van der Waals surface area contributed by atoms with E-state index in [4.69, 9.17) is 4.99 Å². The Balaban J connectivity index is 1.36. The Morgan fingerprint density at radius 1 is 0.659 bits per heavy atom. The van der Waals surface area contributed by atoms with E-state index in [0.717, 1.165) is 39.8 Å². The van der Waals surface area contributed by atoms with Crippen molar-refractivity contribution in [3.05, 3.63) is 145 Å². The molecular weight excluding hydrogens is 520 g/mol. The van der Waals surface area contributed by atoms with Gasteiger partial charge in [-0.1, -0.05) is 84.9 Å². The zero-order valence-electron chi connectivity index (χ0n) is 22.2. The predicted molar refractivity (Wildman–Crippen MR) is 174 cm³/mol. The van der Waals surface area contributed by atoms with Crippen molar-refractivity contribution < 1.29 is 0 Å². The van der Waals surface area contributed by atoms with Gasteiger partial charge in [-0.05, 0) is 54.1 Å². The average molecular weight is 547 g/mol. The maximum Gasteiger partial charge on any atom is 0.161 e. The molecule has 0 spiro atoms. The van der Waals surface area contributed by atoms with E-state index >= 15 is 0 Å². The number of hydrogen-bond acceptors (Lipinski definition) is 4. The van der Waals surface area contributed by atoms with Gasteiger partial charge in [0.05, 0.1) is 5.69 Å². The van der Waals surface area contributed by atoms with Crippen LogP contribution in [0.1, 0.15) is 5.69 Å². The van der Waals surface area contributed by atoms with Gasteiger partial charge in [0.2, 0.25) is 0 Å². The molecule has 196 valence electrons. The van der Waals surface area contributed by atoms with Crippen molar-refractivity contribution in [1.29, 1.82) is 0 Å². The Bertz CT molecular complexity index is 2000. The Hall–Kier alpha value is -5.13. The lowest BCUT2D eigenvalue weighted by atomic mass is 10.0. The Morgan fingerprint density at radius 3 is 2.02 bits per heavy atom. The van der Waals surface area contributed by atoms with Gasteiger partial charge in [0.1, 0.15) is 12.4 Å². The molecule has 4 nitrogen and oxygen atoms in total. The van der Waals surface area contributed by atoms with E-state index in [1.165, 1.54) is 25.7 Å². The molecule has 1 N–H and O–H groups in total. The van der Waals surface area contributed by atoms with Crippen LogP contribution in [0.25, 0.3) is 37.0 Å². The number of nitrogens with one attached hydrogen (secondary N) is 1. The summed E-state index contributed by atoms with van der Waals surface area (Å²) >= 11 is 1.85. The molecule has 0 saturated heterocycles. The molecule has 1 aliphatic heterocycles. The van der Waals surface area contributed by atoms with Crippen molar-refractivity contribution in [3.63, 3.8) is 0 Å². The van der Waals surface area contributed by atoms with Crippen LogP contribution in [0.3, 0.4) is 0 Å². The number of benzene rings is 5. The second-order valence-electron chi connectivity index (χ2n) is 10.1. The number of aliphatic imine (C=N–C) groups is 1. The number of aromatic nitrogens is 1. The highest BCUT2D eigenvalue weighted by Crippen LogP contribution is 2.42. The minimum atomic E-state index is 0.495. The van der Waals surface area contributed by atoms with Gasteiger partial charge in [0, 0.05) is 49.0 Å². The van der Waals surface area contributed by atoms with Crippen molar-refractivity contribution in [1.82, 2.24) is 4.57 Å². The van der Waals surface area contributed by atoms with Crippen molar-refractivity contribution in [2.75, 3.05) is 16.9 Å². The number of anilines is 3. The lowest BCUT2D eigenvalue weighted by Crippen LogP contribution is -2.32. The Labute approximate surface area is 242 Å². The molecule has 7 aromatic rings. The summed E-state index contributed by atoms with van der Waals surface area (Å²) in [6.07, 6.45) is 2.26.